The fourth-order valence-corrected chi connectivity index (χ4v) is 1.94. The number of phenols is 1. The number of benzene rings is 1. The number of nitrogens with one attached hydrogen (secondary N) is 1. The Morgan fingerprint density at radius 2 is 2.14 bits per heavy atom. The van der Waals surface area contributed by atoms with Crippen molar-refractivity contribution in [3.8, 4) is 5.75 Å². The lowest BCUT2D eigenvalue weighted by Crippen LogP contribution is -1.83. The zero-order valence-electron chi connectivity index (χ0n) is 8.59. The second-order valence-electron chi connectivity index (χ2n) is 3.70. The number of aromatic hydroxyl groups is 1. The van der Waals surface area contributed by atoms with Crippen molar-refractivity contribution >= 4 is 10.9 Å². The molecule has 1 aromatic heterocycles. The number of aromatic nitrogens is 1. The first-order valence-electron chi connectivity index (χ1n) is 5.02. The zero-order valence-corrected chi connectivity index (χ0v) is 8.59. The molecule has 1 aromatic carbocycles. The van der Waals surface area contributed by atoms with E-state index in [1.807, 2.05) is 19.2 Å². The van der Waals surface area contributed by atoms with Crippen LogP contribution in [0.2, 0.25) is 0 Å². The van der Waals surface area contributed by atoms with Gasteiger partial charge in [-0.2, -0.15) is 0 Å². The minimum Gasteiger partial charge on any atom is -0.508 e. The number of aryl methyl sites for hydroxylation is 2. The average Bonchev–Trinajstić information content (AvgIpc) is 2.57. The van der Waals surface area contributed by atoms with Crippen molar-refractivity contribution in [1.82, 2.24) is 4.98 Å². The van der Waals surface area contributed by atoms with Gasteiger partial charge in [0, 0.05) is 22.7 Å². The van der Waals surface area contributed by atoms with Crippen LogP contribution in [-0.4, -0.2) is 10.1 Å². The predicted octanol–water partition coefficient (Wildman–Crippen LogP) is 3.13. The lowest BCUT2D eigenvalue weighted by molar-refractivity contribution is 0.472. The summed E-state index contributed by atoms with van der Waals surface area (Å²) in [6, 6.07) is 3.67. The summed E-state index contributed by atoms with van der Waals surface area (Å²) >= 11 is 0. The van der Waals surface area contributed by atoms with Gasteiger partial charge >= 0.3 is 0 Å². The van der Waals surface area contributed by atoms with Gasteiger partial charge in [0.05, 0.1) is 0 Å². The molecule has 0 aliphatic heterocycles. The SMILES string of the molecule is CCCc1c[nH]c2ccc(O)c(C)c12. The van der Waals surface area contributed by atoms with E-state index in [1.54, 1.807) is 6.07 Å². The van der Waals surface area contributed by atoms with Crippen LogP contribution in [0.1, 0.15) is 24.5 Å². The van der Waals surface area contributed by atoms with E-state index in [1.165, 1.54) is 10.9 Å². The van der Waals surface area contributed by atoms with E-state index in [0.717, 1.165) is 23.9 Å². The lowest BCUT2D eigenvalue weighted by atomic mass is 10.0. The third kappa shape index (κ3) is 1.27. The quantitative estimate of drug-likeness (QED) is 0.748. The maximum atomic E-state index is 9.61. The molecule has 1 heterocycles. The second kappa shape index (κ2) is 3.37. The van der Waals surface area contributed by atoms with Gasteiger partial charge < -0.3 is 10.1 Å². The smallest absolute Gasteiger partial charge is 0.119 e. The van der Waals surface area contributed by atoms with Crippen LogP contribution >= 0.6 is 0 Å². The average molecular weight is 189 g/mol. The monoisotopic (exact) mass is 189 g/mol. The Bertz CT molecular complexity index is 457. The fourth-order valence-electron chi connectivity index (χ4n) is 1.94. The van der Waals surface area contributed by atoms with Crippen molar-refractivity contribution in [1.29, 1.82) is 0 Å². The Kier molecular flexibility index (Phi) is 2.20. The molecular weight excluding hydrogens is 174 g/mol. The van der Waals surface area contributed by atoms with E-state index in [4.69, 9.17) is 0 Å². The van der Waals surface area contributed by atoms with Crippen molar-refractivity contribution < 1.29 is 5.11 Å². The number of rotatable bonds is 2. The number of fused-ring (bicyclic) bond motifs is 1. The van der Waals surface area contributed by atoms with E-state index in [9.17, 15) is 5.11 Å². The highest BCUT2D eigenvalue weighted by molar-refractivity contribution is 5.88. The molecule has 2 heteroatoms. The summed E-state index contributed by atoms with van der Waals surface area (Å²) in [6.07, 6.45) is 4.23. The summed E-state index contributed by atoms with van der Waals surface area (Å²) in [5.74, 6) is 0.384. The molecule has 0 unspecified atom stereocenters. The molecule has 2 rings (SSSR count). The molecule has 2 N–H and O–H groups in total. The number of aromatic amines is 1. The highest BCUT2D eigenvalue weighted by Gasteiger charge is 2.08. The summed E-state index contributed by atoms with van der Waals surface area (Å²) in [5.41, 5.74) is 3.40. The van der Waals surface area contributed by atoms with Crippen LogP contribution in [0.15, 0.2) is 18.3 Å². The van der Waals surface area contributed by atoms with Gasteiger partial charge in [-0.15, -0.1) is 0 Å². The van der Waals surface area contributed by atoms with Crippen LogP contribution in [0.3, 0.4) is 0 Å². The van der Waals surface area contributed by atoms with Crippen molar-refractivity contribution in [3.63, 3.8) is 0 Å². The summed E-state index contributed by atoms with van der Waals surface area (Å²) in [5, 5.41) is 10.8. The van der Waals surface area contributed by atoms with Crippen molar-refractivity contribution in [2.24, 2.45) is 0 Å². The third-order valence-corrected chi connectivity index (χ3v) is 2.68. The highest BCUT2D eigenvalue weighted by atomic mass is 16.3. The van der Waals surface area contributed by atoms with Gasteiger partial charge in [-0.3, -0.25) is 0 Å². The molecule has 2 nitrogen and oxygen atoms in total. The fraction of sp³-hybridized carbons (Fsp3) is 0.333. The Balaban J connectivity index is 2.69. The number of phenolic OH excluding ortho intramolecular Hbond substituents is 1. The first-order valence-corrected chi connectivity index (χ1v) is 5.02. The molecule has 0 atom stereocenters. The largest absolute Gasteiger partial charge is 0.508 e. The van der Waals surface area contributed by atoms with E-state index in [0.29, 0.717) is 5.75 Å². The molecule has 14 heavy (non-hydrogen) atoms. The zero-order chi connectivity index (χ0) is 10.1. The first kappa shape index (κ1) is 9.13. The molecule has 0 spiro atoms. The number of hydrogen-bond acceptors (Lipinski definition) is 1. The summed E-state index contributed by atoms with van der Waals surface area (Å²) < 4.78 is 0. The Labute approximate surface area is 83.6 Å². The minimum atomic E-state index is 0.384. The van der Waals surface area contributed by atoms with E-state index >= 15 is 0 Å². The van der Waals surface area contributed by atoms with Crippen LogP contribution < -0.4 is 0 Å². The molecule has 0 saturated carbocycles. The van der Waals surface area contributed by atoms with Crippen molar-refractivity contribution in [2.75, 3.05) is 0 Å². The van der Waals surface area contributed by atoms with Crippen LogP contribution in [0.4, 0.5) is 0 Å². The highest BCUT2D eigenvalue weighted by Crippen LogP contribution is 2.29. The molecule has 0 saturated heterocycles. The third-order valence-electron chi connectivity index (χ3n) is 2.68. The van der Waals surface area contributed by atoms with Crippen LogP contribution in [0.5, 0.6) is 5.75 Å². The standard InChI is InChI=1S/C12H15NO/c1-3-4-9-7-13-10-5-6-11(14)8(2)12(9)10/h5-7,13-14H,3-4H2,1-2H3. The minimum absolute atomic E-state index is 0.384. The summed E-state index contributed by atoms with van der Waals surface area (Å²) in [7, 11) is 0. The van der Waals surface area contributed by atoms with Gasteiger partial charge in [0.2, 0.25) is 0 Å². The molecule has 0 aliphatic carbocycles. The molecule has 0 fully saturated rings. The molecule has 0 aliphatic rings. The number of H-pyrrole nitrogens is 1. The van der Waals surface area contributed by atoms with Gasteiger partial charge in [0.1, 0.15) is 5.75 Å². The van der Waals surface area contributed by atoms with Crippen LogP contribution in [-0.2, 0) is 6.42 Å². The van der Waals surface area contributed by atoms with Crippen molar-refractivity contribution in [2.45, 2.75) is 26.7 Å². The van der Waals surface area contributed by atoms with Gasteiger partial charge in [-0.05, 0) is 31.0 Å². The molecule has 0 bridgehead atoms. The summed E-state index contributed by atoms with van der Waals surface area (Å²) in [6.45, 7) is 4.13. The molecule has 74 valence electrons. The van der Waals surface area contributed by atoms with Gasteiger partial charge in [0.25, 0.3) is 0 Å². The van der Waals surface area contributed by atoms with Crippen molar-refractivity contribution in [3.05, 3.63) is 29.5 Å². The van der Waals surface area contributed by atoms with Gasteiger partial charge in [-0.1, -0.05) is 13.3 Å². The molecular formula is C12H15NO. The number of hydrogen-bond donors (Lipinski definition) is 2. The van der Waals surface area contributed by atoms with E-state index < -0.39 is 0 Å². The second-order valence-corrected chi connectivity index (χ2v) is 3.70. The maximum absolute atomic E-state index is 9.61. The van der Waals surface area contributed by atoms with Gasteiger partial charge in [0.15, 0.2) is 0 Å². The Morgan fingerprint density at radius 1 is 1.36 bits per heavy atom. The topological polar surface area (TPSA) is 36.0 Å². The molecule has 2 aromatic rings. The van der Waals surface area contributed by atoms with Gasteiger partial charge in [-0.25, -0.2) is 0 Å². The molecule has 0 amide bonds. The van der Waals surface area contributed by atoms with Crippen LogP contribution in [0, 0.1) is 6.92 Å². The van der Waals surface area contributed by atoms with E-state index in [-0.39, 0.29) is 0 Å². The normalized spacial score (nSPS) is 11.0. The van der Waals surface area contributed by atoms with E-state index in [2.05, 4.69) is 11.9 Å². The maximum Gasteiger partial charge on any atom is 0.119 e. The summed E-state index contributed by atoms with van der Waals surface area (Å²) in [4.78, 5) is 3.23. The van der Waals surface area contributed by atoms with Crippen LogP contribution in [0.25, 0.3) is 10.9 Å². The Hall–Kier alpha value is -1.44. The first-order chi connectivity index (χ1) is 6.74. The Morgan fingerprint density at radius 3 is 2.86 bits per heavy atom. The molecule has 0 radical (unpaired) electrons. The predicted molar refractivity (Wildman–Crippen MR) is 58.7 cm³/mol. The lowest BCUT2D eigenvalue weighted by Gasteiger charge is -2.02.